The van der Waals surface area contributed by atoms with Gasteiger partial charge in [-0.2, -0.15) is 0 Å². The fourth-order valence-electron chi connectivity index (χ4n) is 3.00. The van der Waals surface area contributed by atoms with Gasteiger partial charge in [0.15, 0.2) is 0 Å². The third-order valence-corrected chi connectivity index (χ3v) is 7.14. The Morgan fingerprint density at radius 1 is 1.25 bits per heavy atom. The van der Waals surface area contributed by atoms with Crippen LogP contribution < -0.4 is 5.32 Å². The summed E-state index contributed by atoms with van der Waals surface area (Å²) in [6.07, 6.45) is 0.374. The van der Waals surface area contributed by atoms with Gasteiger partial charge in [0, 0.05) is 10.9 Å². The Kier molecular flexibility index (Phi) is 5.81. The second-order valence-corrected chi connectivity index (χ2v) is 9.88. The smallest absolute Gasteiger partial charge is 0.341 e. The number of nitrogens with one attached hydrogen (secondary N) is 1. The van der Waals surface area contributed by atoms with Crippen LogP contribution in [0.15, 0.2) is 29.6 Å². The molecule has 0 bridgehead atoms. The zero-order valence-electron chi connectivity index (χ0n) is 16.3. The maximum Gasteiger partial charge on any atom is 0.341 e. The molecule has 1 aromatic carbocycles. The van der Waals surface area contributed by atoms with Crippen LogP contribution in [-0.4, -0.2) is 22.8 Å². The molecule has 1 fully saturated rings. The van der Waals surface area contributed by atoms with Gasteiger partial charge in [-0.25, -0.2) is 4.79 Å². The maximum atomic E-state index is 12.7. The summed E-state index contributed by atoms with van der Waals surface area (Å²) in [5.74, 6) is -0.348. The molecule has 4 nitrogen and oxygen atoms in total. The molecule has 1 aromatic heterocycles. The van der Waals surface area contributed by atoms with E-state index >= 15 is 0 Å². The Morgan fingerprint density at radius 2 is 1.86 bits per heavy atom. The van der Waals surface area contributed by atoms with Crippen LogP contribution in [0, 0.1) is 5.41 Å². The molecule has 1 atom stereocenters. The molecule has 1 aliphatic carbocycles. The van der Waals surface area contributed by atoms with E-state index in [1.165, 1.54) is 16.9 Å². The number of halogens is 2. The van der Waals surface area contributed by atoms with Crippen LogP contribution in [0.3, 0.4) is 0 Å². The number of ether oxygens (including phenoxy) is 1. The van der Waals surface area contributed by atoms with Crippen molar-refractivity contribution in [2.75, 3.05) is 11.9 Å². The predicted octanol–water partition coefficient (Wildman–Crippen LogP) is 6.24. The summed E-state index contributed by atoms with van der Waals surface area (Å²) in [6.45, 7) is 7.97. The van der Waals surface area contributed by atoms with Gasteiger partial charge in [0.05, 0.1) is 12.0 Å². The lowest BCUT2D eigenvalue weighted by Crippen LogP contribution is -2.26. The predicted molar refractivity (Wildman–Crippen MR) is 116 cm³/mol. The number of esters is 1. The molecule has 7 heteroatoms. The minimum atomic E-state index is -1.08. The molecule has 150 valence electrons. The Hall–Kier alpha value is -1.56. The fraction of sp³-hybridized carbons (Fsp3) is 0.429. The van der Waals surface area contributed by atoms with E-state index in [2.05, 4.69) is 19.2 Å². The highest BCUT2D eigenvalue weighted by atomic mass is 35.5. The number of anilines is 1. The lowest BCUT2D eigenvalue weighted by atomic mass is 9.98. The van der Waals surface area contributed by atoms with Crippen LogP contribution in [0.1, 0.15) is 56.0 Å². The minimum absolute atomic E-state index is 0.248. The van der Waals surface area contributed by atoms with Gasteiger partial charge < -0.3 is 10.1 Å². The van der Waals surface area contributed by atoms with Crippen LogP contribution in [0.2, 0.25) is 0 Å². The summed E-state index contributed by atoms with van der Waals surface area (Å²) in [5, 5.41) is 5.14. The molecule has 1 amide bonds. The number of carbonyl (C=O) groups excluding carboxylic acids is 2. The molecule has 1 aliphatic rings. The standard InChI is InChI=1S/C21H23Cl2NO3S/c1-5-27-18(25)16-15(14-8-6-13(7-9-14)12(2)3)10-28-17(16)24-19(26)20(4)11-21(20,22)23/h6-10,12H,5,11H2,1-4H3,(H,24,26)/t20-/m1/s1. The van der Waals surface area contributed by atoms with Crippen LogP contribution in [0.25, 0.3) is 11.1 Å². The second-order valence-electron chi connectivity index (χ2n) is 7.52. The molecule has 0 radical (unpaired) electrons. The Balaban J connectivity index is 1.95. The monoisotopic (exact) mass is 439 g/mol. The van der Waals surface area contributed by atoms with Crippen molar-refractivity contribution in [2.45, 2.75) is 44.4 Å². The van der Waals surface area contributed by atoms with E-state index in [9.17, 15) is 9.59 Å². The molecule has 1 heterocycles. The van der Waals surface area contributed by atoms with Gasteiger partial charge in [0.1, 0.15) is 14.9 Å². The van der Waals surface area contributed by atoms with E-state index in [4.69, 9.17) is 27.9 Å². The summed E-state index contributed by atoms with van der Waals surface area (Å²) >= 11 is 13.5. The first-order chi connectivity index (χ1) is 13.1. The average Bonchev–Trinajstić information content (AvgIpc) is 2.97. The highest BCUT2D eigenvalue weighted by molar-refractivity contribution is 7.15. The van der Waals surface area contributed by atoms with E-state index in [0.717, 1.165) is 11.1 Å². The van der Waals surface area contributed by atoms with Crippen molar-refractivity contribution in [2.24, 2.45) is 5.41 Å². The number of thiophene rings is 1. The Morgan fingerprint density at radius 3 is 2.36 bits per heavy atom. The maximum absolute atomic E-state index is 12.7. The summed E-state index contributed by atoms with van der Waals surface area (Å²) in [4.78, 5) is 25.3. The highest BCUT2D eigenvalue weighted by Gasteiger charge is 2.68. The number of benzene rings is 1. The average molecular weight is 440 g/mol. The fourth-order valence-corrected chi connectivity index (χ4v) is 4.66. The quantitative estimate of drug-likeness (QED) is 0.428. The van der Waals surface area contributed by atoms with E-state index in [1.54, 1.807) is 13.8 Å². The largest absolute Gasteiger partial charge is 0.462 e. The first kappa shape index (κ1) is 21.2. The molecule has 28 heavy (non-hydrogen) atoms. The summed E-state index contributed by atoms with van der Waals surface area (Å²) in [7, 11) is 0. The third kappa shape index (κ3) is 3.80. The molecule has 3 rings (SSSR count). The van der Waals surface area contributed by atoms with Crippen molar-refractivity contribution in [1.29, 1.82) is 0 Å². The van der Waals surface area contributed by atoms with Crippen molar-refractivity contribution >= 4 is 51.4 Å². The number of rotatable bonds is 6. The minimum Gasteiger partial charge on any atom is -0.462 e. The van der Waals surface area contributed by atoms with Crippen LogP contribution in [-0.2, 0) is 9.53 Å². The molecule has 0 aliphatic heterocycles. The van der Waals surface area contributed by atoms with E-state index in [0.29, 0.717) is 22.9 Å². The zero-order chi connectivity index (χ0) is 20.7. The van der Waals surface area contributed by atoms with Gasteiger partial charge in [0.2, 0.25) is 5.91 Å². The van der Waals surface area contributed by atoms with Crippen molar-refractivity contribution in [3.63, 3.8) is 0 Å². The topological polar surface area (TPSA) is 55.4 Å². The molecule has 0 saturated heterocycles. The lowest BCUT2D eigenvalue weighted by Gasteiger charge is -2.13. The first-order valence-electron chi connectivity index (χ1n) is 9.19. The molecule has 1 N–H and O–H groups in total. The normalized spacial score (nSPS) is 20.1. The second kappa shape index (κ2) is 7.69. The molecular weight excluding hydrogens is 417 g/mol. The van der Waals surface area contributed by atoms with Crippen molar-refractivity contribution in [3.8, 4) is 11.1 Å². The highest BCUT2D eigenvalue weighted by Crippen LogP contribution is 2.64. The molecule has 0 spiro atoms. The summed E-state index contributed by atoms with van der Waals surface area (Å²) < 4.78 is 4.16. The number of hydrogen-bond donors (Lipinski definition) is 1. The van der Waals surface area contributed by atoms with Gasteiger partial charge in [-0.05, 0) is 37.3 Å². The lowest BCUT2D eigenvalue weighted by molar-refractivity contribution is -0.120. The van der Waals surface area contributed by atoms with Crippen molar-refractivity contribution < 1.29 is 14.3 Å². The van der Waals surface area contributed by atoms with Gasteiger partial charge in [-0.15, -0.1) is 34.5 Å². The Labute approximate surface area is 179 Å². The molecular formula is C21H23Cl2NO3S. The van der Waals surface area contributed by atoms with Gasteiger partial charge in [-0.1, -0.05) is 38.1 Å². The van der Waals surface area contributed by atoms with Gasteiger partial charge in [-0.3, -0.25) is 4.79 Å². The summed E-state index contributed by atoms with van der Waals surface area (Å²) in [5.41, 5.74) is 2.33. The summed E-state index contributed by atoms with van der Waals surface area (Å²) in [6, 6.07) is 8.06. The van der Waals surface area contributed by atoms with E-state index < -0.39 is 15.7 Å². The number of alkyl halides is 2. The Bertz CT molecular complexity index is 905. The SMILES string of the molecule is CCOC(=O)c1c(-c2ccc(C(C)C)cc2)csc1NC(=O)[C@@]1(C)CC1(Cl)Cl. The van der Waals surface area contributed by atoms with E-state index in [-0.39, 0.29) is 12.5 Å². The third-order valence-electron chi connectivity index (χ3n) is 5.14. The van der Waals surface area contributed by atoms with E-state index in [1.807, 2.05) is 29.6 Å². The first-order valence-corrected chi connectivity index (χ1v) is 10.8. The van der Waals surface area contributed by atoms with Crippen molar-refractivity contribution in [1.82, 2.24) is 0 Å². The molecule has 0 unspecified atom stereocenters. The number of hydrogen-bond acceptors (Lipinski definition) is 4. The molecule has 1 saturated carbocycles. The van der Waals surface area contributed by atoms with Gasteiger partial charge in [0.25, 0.3) is 0 Å². The van der Waals surface area contributed by atoms with Crippen LogP contribution in [0.5, 0.6) is 0 Å². The number of amides is 1. The van der Waals surface area contributed by atoms with Crippen LogP contribution >= 0.6 is 34.5 Å². The molecule has 2 aromatic rings. The van der Waals surface area contributed by atoms with Crippen molar-refractivity contribution in [3.05, 3.63) is 40.8 Å². The van der Waals surface area contributed by atoms with Gasteiger partial charge >= 0.3 is 5.97 Å². The zero-order valence-corrected chi connectivity index (χ0v) is 18.6. The van der Waals surface area contributed by atoms with Crippen LogP contribution in [0.4, 0.5) is 5.00 Å². The number of carbonyl (C=O) groups is 2.